The molecule has 2 heterocycles. The Labute approximate surface area is 143 Å². The monoisotopic (exact) mass is 363 g/mol. The lowest BCUT2D eigenvalue weighted by Gasteiger charge is -2.12. The smallest absolute Gasteiger partial charge is 0.319 e. The van der Waals surface area contributed by atoms with Crippen LogP contribution in [0.4, 0.5) is 11.4 Å². The number of hydrogen-bond acceptors (Lipinski definition) is 6. The van der Waals surface area contributed by atoms with E-state index in [1.807, 2.05) is 0 Å². The maximum Gasteiger partial charge on any atom is 0.352 e. The van der Waals surface area contributed by atoms with Gasteiger partial charge < -0.3 is 5.32 Å². The predicted octanol–water partition coefficient (Wildman–Crippen LogP) is -0.0677. The van der Waals surface area contributed by atoms with Crippen molar-refractivity contribution in [2.24, 2.45) is 7.05 Å². The summed E-state index contributed by atoms with van der Waals surface area (Å²) in [6.45, 7) is 1.71. The van der Waals surface area contributed by atoms with Gasteiger partial charge in [-0.3, -0.25) is 14.1 Å². The maximum atomic E-state index is 12.5. The number of carbonyl (C=O) groups is 1. The van der Waals surface area contributed by atoms with E-state index in [1.54, 1.807) is 25.1 Å². The number of imidazole rings is 1. The molecule has 3 N–H and O–H groups in total. The fraction of sp³-hybridized carbons (Fsp3) is 0.154. The molecule has 0 bridgehead atoms. The number of carbonyl (C=O) groups excluding carboxylic acids is 1. The van der Waals surface area contributed by atoms with Crippen molar-refractivity contribution in [2.45, 2.75) is 6.92 Å². The Hall–Kier alpha value is -3.12. The van der Waals surface area contributed by atoms with Gasteiger partial charge in [-0.05, 0) is 18.6 Å². The summed E-state index contributed by atoms with van der Waals surface area (Å²) in [5, 5.41) is 10.0. The van der Waals surface area contributed by atoms with E-state index in [0.29, 0.717) is 11.3 Å². The van der Waals surface area contributed by atoms with Gasteiger partial charge in [0.25, 0.3) is 17.2 Å². The first-order valence-corrected chi connectivity index (χ1v) is 8.04. The Morgan fingerprint density at radius 3 is 2.84 bits per heavy atom. The number of anilines is 2. The van der Waals surface area contributed by atoms with Gasteiger partial charge in [-0.2, -0.15) is 4.68 Å². The summed E-state index contributed by atoms with van der Waals surface area (Å²) in [6.07, 6.45) is 1.18. The molecule has 25 heavy (non-hydrogen) atoms. The summed E-state index contributed by atoms with van der Waals surface area (Å²) in [7, 11) is 1.42. The quantitative estimate of drug-likeness (QED) is 0.551. The van der Waals surface area contributed by atoms with Gasteiger partial charge in [-0.25, -0.2) is 18.4 Å². The maximum absolute atomic E-state index is 12.5. The molecule has 0 aliphatic carbocycles. The number of hydrogen-bond donors (Lipinski definition) is 3. The number of para-hydroxylation sites is 1. The topological polar surface area (TPSA) is 144 Å². The van der Waals surface area contributed by atoms with Crippen molar-refractivity contribution < 1.29 is 13.6 Å². The van der Waals surface area contributed by atoms with E-state index in [1.165, 1.54) is 13.4 Å². The standard InChI is InChI=1S/C13H13N7O4S/c1-7-4-3-5-8(9(7)17-25(23)24)15-12(21)10-11-16-18-19(2)13(22)20(11)6-14-10/h3-6,17H,1-2H3,(H,15,21)(H,23,24). The lowest BCUT2D eigenvalue weighted by Crippen LogP contribution is -2.27. The van der Waals surface area contributed by atoms with Crippen LogP contribution in [0.15, 0.2) is 29.3 Å². The SMILES string of the molecule is Cc1cccc(NC(=O)c2ncn3c(=O)n(C)nnc23)c1NS(=O)O. The number of nitrogens with zero attached hydrogens (tertiary/aromatic N) is 5. The Balaban J connectivity index is 1.99. The van der Waals surface area contributed by atoms with Crippen molar-refractivity contribution in [3.05, 3.63) is 46.3 Å². The highest BCUT2D eigenvalue weighted by molar-refractivity contribution is 7.80. The molecular weight excluding hydrogens is 350 g/mol. The minimum Gasteiger partial charge on any atom is -0.319 e. The fourth-order valence-electron chi connectivity index (χ4n) is 2.22. The average Bonchev–Trinajstić information content (AvgIpc) is 2.99. The summed E-state index contributed by atoms with van der Waals surface area (Å²) in [5.74, 6) is -0.637. The highest BCUT2D eigenvalue weighted by atomic mass is 32.2. The van der Waals surface area contributed by atoms with Gasteiger partial charge in [-0.15, -0.1) is 5.10 Å². The molecule has 1 unspecified atom stereocenters. The molecule has 2 aromatic heterocycles. The first-order valence-electron chi connectivity index (χ1n) is 6.94. The molecule has 0 fully saturated rings. The second-order valence-electron chi connectivity index (χ2n) is 5.09. The second kappa shape index (κ2) is 6.41. The van der Waals surface area contributed by atoms with Gasteiger partial charge >= 0.3 is 5.69 Å². The van der Waals surface area contributed by atoms with Crippen LogP contribution < -0.4 is 15.7 Å². The summed E-state index contributed by atoms with van der Waals surface area (Å²) in [4.78, 5) is 28.3. The van der Waals surface area contributed by atoms with Gasteiger partial charge in [0, 0.05) is 7.05 Å². The molecule has 0 spiro atoms. The minimum absolute atomic E-state index is 0.00787. The first-order chi connectivity index (χ1) is 11.9. The van der Waals surface area contributed by atoms with Crippen LogP contribution in [0.25, 0.3) is 5.65 Å². The van der Waals surface area contributed by atoms with Gasteiger partial charge in [0.15, 0.2) is 11.3 Å². The number of aryl methyl sites for hydroxylation is 2. The van der Waals surface area contributed by atoms with Crippen molar-refractivity contribution in [3.63, 3.8) is 0 Å². The van der Waals surface area contributed by atoms with Crippen LogP contribution in [0.1, 0.15) is 16.1 Å². The van der Waals surface area contributed by atoms with Gasteiger partial charge in [0.1, 0.15) is 6.33 Å². The average molecular weight is 363 g/mol. The molecule has 3 aromatic rings. The number of fused-ring (bicyclic) bond motifs is 1. The van der Waals surface area contributed by atoms with Crippen LogP contribution in [0.5, 0.6) is 0 Å². The van der Waals surface area contributed by atoms with Gasteiger partial charge in [0.2, 0.25) is 0 Å². The van der Waals surface area contributed by atoms with Crippen LogP contribution in [0.2, 0.25) is 0 Å². The van der Waals surface area contributed by atoms with E-state index in [-0.39, 0.29) is 17.0 Å². The summed E-state index contributed by atoms with van der Waals surface area (Å²) in [5.41, 5.74) is 0.650. The molecule has 0 saturated carbocycles. The molecule has 1 amide bonds. The van der Waals surface area contributed by atoms with Crippen LogP contribution in [-0.4, -0.2) is 39.0 Å². The molecule has 0 aliphatic rings. The lowest BCUT2D eigenvalue weighted by atomic mass is 10.1. The molecular formula is C13H13N7O4S. The van der Waals surface area contributed by atoms with E-state index >= 15 is 0 Å². The van der Waals surface area contributed by atoms with Crippen molar-refractivity contribution in [2.75, 3.05) is 10.0 Å². The summed E-state index contributed by atoms with van der Waals surface area (Å²) >= 11 is -2.30. The van der Waals surface area contributed by atoms with E-state index < -0.39 is 22.9 Å². The zero-order valence-electron chi connectivity index (χ0n) is 13.1. The van der Waals surface area contributed by atoms with Crippen molar-refractivity contribution >= 4 is 34.2 Å². The van der Waals surface area contributed by atoms with Crippen LogP contribution in [0.3, 0.4) is 0 Å². The molecule has 12 heteroatoms. The number of nitrogens with one attached hydrogen (secondary N) is 2. The Morgan fingerprint density at radius 2 is 2.12 bits per heavy atom. The largest absolute Gasteiger partial charge is 0.352 e. The molecule has 1 aromatic carbocycles. The molecule has 0 radical (unpaired) electrons. The number of rotatable bonds is 4. The third-order valence-corrected chi connectivity index (χ3v) is 3.80. The van der Waals surface area contributed by atoms with Gasteiger partial charge in [0.05, 0.1) is 11.4 Å². The first kappa shape index (κ1) is 16.7. The van der Waals surface area contributed by atoms with Crippen LogP contribution in [0, 0.1) is 6.92 Å². The number of aromatic nitrogens is 5. The van der Waals surface area contributed by atoms with E-state index in [9.17, 15) is 13.8 Å². The molecule has 0 aliphatic heterocycles. The zero-order valence-corrected chi connectivity index (χ0v) is 13.9. The second-order valence-corrected chi connectivity index (χ2v) is 5.79. The van der Waals surface area contributed by atoms with Gasteiger partial charge in [-0.1, -0.05) is 17.3 Å². The Kier molecular flexibility index (Phi) is 4.29. The molecule has 3 rings (SSSR count). The van der Waals surface area contributed by atoms with E-state index in [4.69, 9.17) is 4.55 Å². The van der Waals surface area contributed by atoms with Crippen molar-refractivity contribution in [1.82, 2.24) is 24.4 Å². The Bertz CT molecular complexity index is 1060. The number of amides is 1. The normalized spacial score (nSPS) is 12.1. The fourth-order valence-corrected chi connectivity index (χ4v) is 2.66. The van der Waals surface area contributed by atoms with E-state index in [0.717, 1.165) is 9.08 Å². The summed E-state index contributed by atoms with van der Waals surface area (Å²) in [6, 6.07) is 4.95. The minimum atomic E-state index is -2.30. The zero-order chi connectivity index (χ0) is 18.1. The van der Waals surface area contributed by atoms with E-state index in [2.05, 4.69) is 25.3 Å². The summed E-state index contributed by atoms with van der Waals surface area (Å²) < 4.78 is 24.6. The molecule has 11 nitrogen and oxygen atoms in total. The van der Waals surface area contributed by atoms with Crippen LogP contribution >= 0.6 is 0 Å². The highest BCUT2D eigenvalue weighted by Crippen LogP contribution is 2.26. The molecule has 0 saturated heterocycles. The Morgan fingerprint density at radius 1 is 1.36 bits per heavy atom. The lowest BCUT2D eigenvalue weighted by molar-refractivity contribution is 0.102. The van der Waals surface area contributed by atoms with Crippen molar-refractivity contribution in [3.8, 4) is 0 Å². The molecule has 130 valence electrons. The molecule has 1 atom stereocenters. The predicted molar refractivity (Wildman–Crippen MR) is 89.5 cm³/mol. The van der Waals surface area contributed by atoms with Crippen LogP contribution in [-0.2, 0) is 18.3 Å². The third kappa shape index (κ3) is 3.12. The van der Waals surface area contributed by atoms with Crippen molar-refractivity contribution in [1.29, 1.82) is 0 Å². The number of benzene rings is 1. The highest BCUT2D eigenvalue weighted by Gasteiger charge is 2.19. The third-order valence-electron chi connectivity index (χ3n) is 3.42.